The standard InChI is InChI=1S/C12H20N2/c1-9(7-10-5-6-10)14-12-4-2-3-11(12)8-13/h9-12,14H,2-7H2,1H3. The number of nitriles is 1. The summed E-state index contributed by atoms with van der Waals surface area (Å²) >= 11 is 0. The van der Waals surface area contributed by atoms with E-state index in [1.807, 2.05) is 0 Å². The molecule has 0 bridgehead atoms. The lowest BCUT2D eigenvalue weighted by Crippen LogP contribution is -2.38. The van der Waals surface area contributed by atoms with E-state index in [-0.39, 0.29) is 5.92 Å². The molecule has 14 heavy (non-hydrogen) atoms. The zero-order chi connectivity index (χ0) is 9.97. The first-order valence-corrected chi connectivity index (χ1v) is 5.95. The molecule has 2 heteroatoms. The summed E-state index contributed by atoms with van der Waals surface area (Å²) < 4.78 is 0. The first-order chi connectivity index (χ1) is 6.79. The average molecular weight is 192 g/mol. The summed E-state index contributed by atoms with van der Waals surface area (Å²) in [6.45, 7) is 2.27. The zero-order valence-corrected chi connectivity index (χ0v) is 9.00. The molecule has 3 unspecified atom stereocenters. The van der Waals surface area contributed by atoms with Crippen LogP contribution in [0.25, 0.3) is 0 Å². The lowest BCUT2D eigenvalue weighted by molar-refractivity contribution is 0.386. The zero-order valence-electron chi connectivity index (χ0n) is 9.00. The molecule has 2 aliphatic rings. The molecule has 2 aliphatic carbocycles. The van der Waals surface area contributed by atoms with Crippen LogP contribution in [0.3, 0.4) is 0 Å². The maximum absolute atomic E-state index is 8.95. The Morgan fingerprint density at radius 2 is 2.14 bits per heavy atom. The maximum atomic E-state index is 8.95. The molecule has 2 fully saturated rings. The van der Waals surface area contributed by atoms with E-state index in [0.29, 0.717) is 12.1 Å². The third-order valence-corrected chi connectivity index (χ3v) is 3.56. The van der Waals surface area contributed by atoms with Crippen molar-refractivity contribution in [3.8, 4) is 6.07 Å². The van der Waals surface area contributed by atoms with Crippen molar-refractivity contribution in [3.63, 3.8) is 0 Å². The minimum atomic E-state index is 0.275. The number of hydrogen-bond donors (Lipinski definition) is 1. The lowest BCUT2D eigenvalue weighted by atomic mass is 10.0. The molecule has 0 spiro atoms. The summed E-state index contributed by atoms with van der Waals surface area (Å²) in [6, 6.07) is 3.52. The van der Waals surface area contributed by atoms with Gasteiger partial charge in [0.25, 0.3) is 0 Å². The molecule has 2 nitrogen and oxygen atoms in total. The van der Waals surface area contributed by atoms with E-state index in [9.17, 15) is 0 Å². The predicted molar refractivity (Wildman–Crippen MR) is 56.7 cm³/mol. The summed E-state index contributed by atoms with van der Waals surface area (Å²) in [4.78, 5) is 0. The van der Waals surface area contributed by atoms with Crippen LogP contribution in [0, 0.1) is 23.2 Å². The predicted octanol–water partition coefficient (Wildman–Crippen LogP) is 2.46. The van der Waals surface area contributed by atoms with Crippen molar-refractivity contribution < 1.29 is 0 Å². The van der Waals surface area contributed by atoms with Crippen molar-refractivity contribution >= 4 is 0 Å². The minimum absolute atomic E-state index is 0.275. The van der Waals surface area contributed by atoms with Gasteiger partial charge in [0.1, 0.15) is 0 Å². The fourth-order valence-electron chi connectivity index (χ4n) is 2.60. The summed E-state index contributed by atoms with van der Waals surface area (Å²) in [6.07, 6.45) is 7.70. The molecule has 2 rings (SSSR count). The molecule has 0 radical (unpaired) electrons. The Kier molecular flexibility index (Phi) is 3.08. The van der Waals surface area contributed by atoms with Gasteiger partial charge >= 0.3 is 0 Å². The van der Waals surface area contributed by atoms with E-state index in [0.717, 1.165) is 12.3 Å². The number of rotatable bonds is 4. The van der Waals surface area contributed by atoms with Crippen molar-refractivity contribution in [2.75, 3.05) is 0 Å². The summed E-state index contributed by atoms with van der Waals surface area (Å²) in [5, 5.41) is 12.6. The topological polar surface area (TPSA) is 35.8 Å². The second-order valence-electron chi connectivity index (χ2n) is 5.02. The Hall–Kier alpha value is -0.550. The molecule has 0 aromatic heterocycles. The molecular formula is C12H20N2. The highest BCUT2D eigenvalue weighted by molar-refractivity contribution is 4.97. The molecule has 0 aromatic carbocycles. The van der Waals surface area contributed by atoms with E-state index < -0.39 is 0 Å². The Morgan fingerprint density at radius 3 is 2.79 bits per heavy atom. The Morgan fingerprint density at radius 1 is 1.36 bits per heavy atom. The van der Waals surface area contributed by atoms with E-state index in [2.05, 4.69) is 18.3 Å². The van der Waals surface area contributed by atoms with Gasteiger partial charge in [-0.1, -0.05) is 19.3 Å². The van der Waals surface area contributed by atoms with Crippen LogP contribution in [0.2, 0.25) is 0 Å². The molecule has 78 valence electrons. The highest BCUT2D eigenvalue weighted by atomic mass is 15.0. The van der Waals surface area contributed by atoms with Gasteiger partial charge in [0, 0.05) is 12.1 Å². The van der Waals surface area contributed by atoms with Crippen LogP contribution in [0.1, 0.15) is 45.4 Å². The molecule has 3 atom stereocenters. The van der Waals surface area contributed by atoms with Crippen molar-refractivity contribution in [2.45, 2.75) is 57.5 Å². The minimum Gasteiger partial charge on any atom is -0.310 e. The SMILES string of the molecule is CC(CC1CC1)NC1CCCC1C#N. The van der Waals surface area contributed by atoms with Gasteiger partial charge in [-0.15, -0.1) is 0 Å². The number of nitrogens with one attached hydrogen (secondary N) is 1. The van der Waals surface area contributed by atoms with Crippen LogP contribution in [0.5, 0.6) is 0 Å². The first-order valence-electron chi connectivity index (χ1n) is 5.95. The summed E-state index contributed by atoms with van der Waals surface area (Å²) in [5.41, 5.74) is 0. The van der Waals surface area contributed by atoms with Gasteiger partial charge in [0.05, 0.1) is 12.0 Å². The van der Waals surface area contributed by atoms with Crippen molar-refractivity contribution in [1.82, 2.24) is 5.32 Å². The second kappa shape index (κ2) is 4.31. The largest absolute Gasteiger partial charge is 0.310 e. The van der Waals surface area contributed by atoms with Crippen molar-refractivity contribution in [1.29, 1.82) is 5.26 Å². The fourth-order valence-corrected chi connectivity index (χ4v) is 2.60. The molecule has 0 aromatic rings. The monoisotopic (exact) mass is 192 g/mol. The second-order valence-corrected chi connectivity index (χ2v) is 5.02. The van der Waals surface area contributed by atoms with Gasteiger partial charge < -0.3 is 5.32 Å². The van der Waals surface area contributed by atoms with E-state index >= 15 is 0 Å². The van der Waals surface area contributed by atoms with Crippen molar-refractivity contribution in [2.24, 2.45) is 11.8 Å². The third kappa shape index (κ3) is 2.48. The molecule has 2 saturated carbocycles. The molecule has 1 N–H and O–H groups in total. The maximum Gasteiger partial charge on any atom is 0.0672 e. The Bertz CT molecular complexity index is 227. The number of nitrogens with zero attached hydrogens (tertiary/aromatic N) is 1. The molecule has 0 heterocycles. The number of hydrogen-bond acceptors (Lipinski definition) is 2. The van der Waals surface area contributed by atoms with Crippen LogP contribution in [-0.4, -0.2) is 12.1 Å². The smallest absolute Gasteiger partial charge is 0.0672 e. The molecule has 0 saturated heterocycles. The lowest BCUT2D eigenvalue weighted by Gasteiger charge is -2.21. The van der Waals surface area contributed by atoms with Gasteiger partial charge in [0.15, 0.2) is 0 Å². The van der Waals surface area contributed by atoms with Crippen LogP contribution >= 0.6 is 0 Å². The van der Waals surface area contributed by atoms with Gasteiger partial charge in [-0.05, 0) is 32.1 Å². The van der Waals surface area contributed by atoms with E-state index in [1.54, 1.807) is 0 Å². The normalized spacial score (nSPS) is 34.0. The molecular weight excluding hydrogens is 172 g/mol. The highest BCUT2D eigenvalue weighted by Gasteiger charge is 2.30. The Balaban J connectivity index is 1.74. The Labute approximate surface area is 86.7 Å². The van der Waals surface area contributed by atoms with Crippen LogP contribution in [-0.2, 0) is 0 Å². The first kappa shape index (κ1) is 9.98. The third-order valence-electron chi connectivity index (χ3n) is 3.56. The van der Waals surface area contributed by atoms with Crippen molar-refractivity contribution in [3.05, 3.63) is 0 Å². The fraction of sp³-hybridized carbons (Fsp3) is 0.917. The summed E-state index contributed by atoms with van der Waals surface area (Å²) in [7, 11) is 0. The van der Waals surface area contributed by atoms with E-state index in [4.69, 9.17) is 5.26 Å². The van der Waals surface area contributed by atoms with Gasteiger partial charge in [0.2, 0.25) is 0 Å². The van der Waals surface area contributed by atoms with Crippen LogP contribution in [0.4, 0.5) is 0 Å². The molecule has 0 amide bonds. The molecule has 0 aliphatic heterocycles. The van der Waals surface area contributed by atoms with Gasteiger partial charge in [-0.25, -0.2) is 0 Å². The van der Waals surface area contributed by atoms with Crippen LogP contribution in [0.15, 0.2) is 0 Å². The average Bonchev–Trinajstić information content (AvgIpc) is 2.84. The summed E-state index contributed by atoms with van der Waals surface area (Å²) in [5.74, 6) is 1.26. The van der Waals surface area contributed by atoms with Crippen LogP contribution < -0.4 is 5.32 Å². The van der Waals surface area contributed by atoms with Gasteiger partial charge in [-0.2, -0.15) is 5.26 Å². The quantitative estimate of drug-likeness (QED) is 0.742. The highest BCUT2D eigenvalue weighted by Crippen LogP contribution is 2.34. The van der Waals surface area contributed by atoms with Gasteiger partial charge in [-0.3, -0.25) is 0 Å². The van der Waals surface area contributed by atoms with E-state index in [1.165, 1.54) is 32.1 Å².